The molecule has 1 rings (SSSR count). The molecule has 0 saturated heterocycles. The van der Waals surface area contributed by atoms with Crippen LogP contribution in [0, 0.1) is 0 Å². The van der Waals surface area contributed by atoms with Crippen LogP contribution in [0.3, 0.4) is 0 Å². The highest BCUT2D eigenvalue weighted by atomic mass is 79.9. The van der Waals surface area contributed by atoms with Crippen molar-refractivity contribution in [3.63, 3.8) is 0 Å². The van der Waals surface area contributed by atoms with Crippen molar-refractivity contribution in [2.24, 2.45) is 0 Å². The Hall–Kier alpha value is -0.540. The lowest BCUT2D eigenvalue weighted by molar-refractivity contribution is 0.239. The number of hydrogen-bond donors (Lipinski definition) is 1. The molecule has 1 aromatic rings. The first-order valence-electron chi connectivity index (χ1n) is 7.29. The first-order valence-corrected chi connectivity index (χ1v) is 8.08. The van der Waals surface area contributed by atoms with Gasteiger partial charge in [0.15, 0.2) is 0 Å². The van der Waals surface area contributed by atoms with Crippen LogP contribution < -0.4 is 10.1 Å². The van der Waals surface area contributed by atoms with E-state index in [-0.39, 0.29) is 6.10 Å². The molecular formula is C16H26BrNO. The van der Waals surface area contributed by atoms with Crippen molar-refractivity contribution in [2.75, 3.05) is 6.54 Å². The summed E-state index contributed by atoms with van der Waals surface area (Å²) in [5.41, 5.74) is 1.22. The molecule has 0 spiro atoms. The fourth-order valence-electron chi connectivity index (χ4n) is 1.95. The Morgan fingerprint density at radius 3 is 2.68 bits per heavy atom. The molecule has 2 nitrogen and oxygen atoms in total. The molecule has 0 atom stereocenters. The molecule has 0 unspecified atom stereocenters. The standard InChI is InChI=1S/C16H26BrNO/c1-4-5-6-7-10-18-12-14-11-15(17)8-9-16(14)19-13(2)3/h8-9,11,13,18H,4-7,10,12H2,1-3H3. The minimum Gasteiger partial charge on any atom is -0.491 e. The van der Waals surface area contributed by atoms with E-state index in [1.165, 1.54) is 31.2 Å². The molecule has 0 aliphatic carbocycles. The molecule has 0 bridgehead atoms. The van der Waals surface area contributed by atoms with Gasteiger partial charge in [0.25, 0.3) is 0 Å². The summed E-state index contributed by atoms with van der Waals surface area (Å²) in [6.07, 6.45) is 5.40. The quantitative estimate of drug-likeness (QED) is 0.651. The zero-order valence-corrected chi connectivity index (χ0v) is 13.9. The predicted octanol–water partition coefficient (Wildman–Crippen LogP) is 4.91. The third-order valence-electron chi connectivity index (χ3n) is 2.91. The van der Waals surface area contributed by atoms with Crippen molar-refractivity contribution < 1.29 is 4.74 Å². The van der Waals surface area contributed by atoms with Gasteiger partial charge < -0.3 is 10.1 Å². The maximum atomic E-state index is 5.84. The molecule has 0 fully saturated rings. The Labute approximate surface area is 126 Å². The van der Waals surface area contributed by atoms with E-state index in [4.69, 9.17) is 4.74 Å². The highest BCUT2D eigenvalue weighted by Crippen LogP contribution is 2.24. The molecule has 19 heavy (non-hydrogen) atoms. The van der Waals surface area contributed by atoms with Gasteiger partial charge in [0.05, 0.1) is 6.10 Å². The third-order valence-corrected chi connectivity index (χ3v) is 3.40. The summed E-state index contributed by atoms with van der Waals surface area (Å²) in [6.45, 7) is 8.31. The SMILES string of the molecule is CCCCCCNCc1cc(Br)ccc1OC(C)C. The molecule has 0 amide bonds. The Morgan fingerprint density at radius 2 is 2.00 bits per heavy atom. The van der Waals surface area contributed by atoms with Crippen LogP contribution in [0.2, 0.25) is 0 Å². The maximum Gasteiger partial charge on any atom is 0.124 e. The normalized spacial score (nSPS) is 11.0. The Bertz CT molecular complexity index is 366. The van der Waals surface area contributed by atoms with Gasteiger partial charge in [-0.1, -0.05) is 42.1 Å². The molecular weight excluding hydrogens is 302 g/mol. The Morgan fingerprint density at radius 1 is 1.21 bits per heavy atom. The first-order chi connectivity index (χ1) is 9.13. The van der Waals surface area contributed by atoms with E-state index in [9.17, 15) is 0 Å². The summed E-state index contributed by atoms with van der Waals surface area (Å²) in [5.74, 6) is 0.985. The predicted molar refractivity (Wildman–Crippen MR) is 85.8 cm³/mol. The van der Waals surface area contributed by atoms with Crippen LogP contribution in [0.4, 0.5) is 0 Å². The van der Waals surface area contributed by atoms with Gasteiger partial charge in [-0.2, -0.15) is 0 Å². The number of benzene rings is 1. The van der Waals surface area contributed by atoms with Crippen molar-refractivity contribution in [3.8, 4) is 5.75 Å². The molecule has 1 aromatic carbocycles. The molecule has 108 valence electrons. The molecule has 0 aliphatic rings. The topological polar surface area (TPSA) is 21.3 Å². The van der Waals surface area contributed by atoms with E-state index < -0.39 is 0 Å². The summed E-state index contributed by atoms with van der Waals surface area (Å²) in [4.78, 5) is 0. The van der Waals surface area contributed by atoms with E-state index >= 15 is 0 Å². The van der Waals surface area contributed by atoms with Gasteiger partial charge in [0.2, 0.25) is 0 Å². The summed E-state index contributed by atoms with van der Waals surface area (Å²) in [5, 5.41) is 3.50. The summed E-state index contributed by atoms with van der Waals surface area (Å²) < 4.78 is 6.94. The molecule has 0 radical (unpaired) electrons. The van der Waals surface area contributed by atoms with Gasteiger partial charge in [-0.05, 0) is 45.0 Å². The monoisotopic (exact) mass is 327 g/mol. The molecule has 1 N–H and O–H groups in total. The molecule has 0 saturated carbocycles. The number of nitrogens with one attached hydrogen (secondary N) is 1. The van der Waals surface area contributed by atoms with Crippen LogP contribution in [0.25, 0.3) is 0 Å². The van der Waals surface area contributed by atoms with E-state index in [1.54, 1.807) is 0 Å². The fraction of sp³-hybridized carbons (Fsp3) is 0.625. The van der Waals surface area contributed by atoms with E-state index in [0.717, 1.165) is 23.3 Å². The van der Waals surface area contributed by atoms with Crippen LogP contribution in [-0.2, 0) is 6.54 Å². The molecule has 0 aromatic heterocycles. The van der Waals surface area contributed by atoms with Gasteiger partial charge in [-0.25, -0.2) is 0 Å². The highest BCUT2D eigenvalue weighted by molar-refractivity contribution is 9.10. The Kier molecular flexibility index (Phi) is 8.15. The van der Waals surface area contributed by atoms with Crippen molar-refractivity contribution >= 4 is 15.9 Å². The summed E-state index contributed by atoms with van der Waals surface area (Å²) >= 11 is 3.52. The molecule has 0 aliphatic heterocycles. The van der Waals surface area contributed by atoms with Crippen molar-refractivity contribution in [2.45, 2.75) is 59.1 Å². The van der Waals surface area contributed by atoms with Gasteiger partial charge in [0, 0.05) is 16.6 Å². The van der Waals surface area contributed by atoms with E-state index in [2.05, 4.69) is 48.1 Å². The van der Waals surface area contributed by atoms with Gasteiger partial charge in [0.1, 0.15) is 5.75 Å². The molecule has 3 heteroatoms. The second-order valence-corrected chi connectivity index (χ2v) is 6.07. The number of hydrogen-bond acceptors (Lipinski definition) is 2. The fourth-order valence-corrected chi connectivity index (χ4v) is 2.36. The average molecular weight is 328 g/mol. The Balaban J connectivity index is 2.44. The van der Waals surface area contributed by atoms with Crippen molar-refractivity contribution in [1.82, 2.24) is 5.32 Å². The smallest absolute Gasteiger partial charge is 0.124 e. The van der Waals surface area contributed by atoms with Crippen molar-refractivity contribution in [3.05, 3.63) is 28.2 Å². The van der Waals surface area contributed by atoms with Crippen LogP contribution in [0.1, 0.15) is 52.0 Å². The minimum atomic E-state index is 0.212. The minimum absolute atomic E-state index is 0.212. The lowest BCUT2D eigenvalue weighted by Crippen LogP contribution is -2.16. The lowest BCUT2D eigenvalue weighted by atomic mass is 10.2. The highest BCUT2D eigenvalue weighted by Gasteiger charge is 2.06. The number of rotatable bonds is 9. The van der Waals surface area contributed by atoms with Crippen LogP contribution in [0.5, 0.6) is 5.75 Å². The molecule has 0 heterocycles. The number of halogens is 1. The maximum absolute atomic E-state index is 5.84. The third kappa shape index (κ3) is 6.98. The van der Waals surface area contributed by atoms with Crippen LogP contribution in [-0.4, -0.2) is 12.6 Å². The summed E-state index contributed by atoms with van der Waals surface area (Å²) in [6, 6.07) is 6.21. The second kappa shape index (κ2) is 9.38. The van der Waals surface area contributed by atoms with E-state index in [1.807, 2.05) is 12.1 Å². The van der Waals surface area contributed by atoms with E-state index in [0.29, 0.717) is 0 Å². The number of unbranched alkanes of at least 4 members (excludes halogenated alkanes) is 3. The van der Waals surface area contributed by atoms with Gasteiger partial charge in [-0.15, -0.1) is 0 Å². The van der Waals surface area contributed by atoms with Crippen LogP contribution >= 0.6 is 15.9 Å². The summed E-state index contributed by atoms with van der Waals surface area (Å²) in [7, 11) is 0. The van der Waals surface area contributed by atoms with Gasteiger partial charge in [-0.3, -0.25) is 0 Å². The second-order valence-electron chi connectivity index (χ2n) is 5.16. The number of ether oxygens (including phenoxy) is 1. The van der Waals surface area contributed by atoms with Crippen LogP contribution in [0.15, 0.2) is 22.7 Å². The zero-order valence-electron chi connectivity index (χ0n) is 12.3. The first kappa shape index (κ1) is 16.5. The zero-order chi connectivity index (χ0) is 14.1. The van der Waals surface area contributed by atoms with Gasteiger partial charge >= 0.3 is 0 Å². The lowest BCUT2D eigenvalue weighted by Gasteiger charge is -2.15. The van der Waals surface area contributed by atoms with Crippen molar-refractivity contribution in [1.29, 1.82) is 0 Å². The largest absolute Gasteiger partial charge is 0.491 e. The average Bonchev–Trinajstić information content (AvgIpc) is 2.36.